The van der Waals surface area contributed by atoms with Gasteiger partial charge < -0.3 is 0 Å². The summed E-state index contributed by atoms with van der Waals surface area (Å²) in [5.41, 5.74) is 2.12. The highest BCUT2D eigenvalue weighted by Gasteiger charge is 2.14. The zero-order valence-electron chi connectivity index (χ0n) is 12.5. The molecule has 1 aromatic carbocycles. The van der Waals surface area contributed by atoms with Crippen LogP contribution in [0.25, 0.3) is 0 Å². The molecule has 0 spiro atoms. The third-order valence-corrected chi connectivity index (χ3v) is 5.90. The van der Waals surface area contributed by atoms with E-state index in [-0.39, 0.29) is 0 Å². The Bertz CT molecular complexity index is 704. The minimum atomic E-state index is -3.43. The van der Waals surface area contributed by atoms with Gasteiger partial charge in [-0.15, -0.1) is 11.3 Å². The van der Waals surface area contributed by atoms with Gasteiger partial charge in [-0.3, -0.25) is 0 Å². The first-order valence-electron chi connectivity index (χ1n) is 6.94. The number of hydrogen-bond acceptors (Lipinski definition) is 4. The average Bonchev–Trinajstić information content (AvgIpc) is 2.77. The maximum Gasteiger partial charge on any atom is 0.240 e. The Morgan fingerprint density at radius 3 is 2.38 bits per heavy atom. The molecule has 6 heteroatoms. The molecule has 0 aliphatic carbocycles. The third kappa shape index (κ3) is 4.12. The molecule has 0 fully saturated rings. The number of benzene rings is 1. The molecule has 0 atom stereocenters. The number of aryl methyl sites for hydroxylation is 3. The molecular weight excluding hydrogens is 304 g/mol. The molecule has 114 valence electrons. The van der Waals surface area contributed by atoms with Crippen LogP contribution in [-0.4, -0.2) is 19.9 Å². The summed E-state index contributed by atoms with van der Waals surface area (Å²) in [7, 11) is -3.43. The van der Waals surface area contributed by atoms with Crippen LogP contribution >= 0.6 is 11.3 Å². The summed E-state index contributed by atoms with van der Waals surface area (Å²) in [6.45, 7) is 6.35. The van der Waals surface area contributed by atoms with Gasteiger partial charge in [0.1, 0.15) is 0 Å². The van der Waals surface area contributed by atoms with Gasteiger partial charge in [0, 0.05) is 11.4 Å². The Kier molecular flexibility index (Phi) is 5.13. The lowest BCUT2D eigenvalue weighted by molar-refractivity contribution is 0.581. The number of nitrogens with zero attached hydrogens (tertiary/aromatic N) is 1. The van der Waals surface area contributed by atoms with Gasteiger partial charge >= 0.3 is 0 Å². The zero-order valence-corrected chi connectivity index (χ0v) is 14.1. The van der Waals surface area contributed by atoms with Crippen molar-refractivity contribution in [1.29, 1.82) is 0 Å². The molecule has 0 aliphatic heterocycles. The smallest absolute Gasteiger partial charge is 0.240 e. The van der Waals surface area contributed by atoms with Gasteiger partial charge in [-0.25, -0.2) is 18.1 Å². The fourth-order valence-electron chi connectivity index (χ4n) is 2.09. The number of sulfonamides is 1. The van der Waals surface area contributed by atoms with Crippen molar-refractivity contribution in [2.75, 3.05) is 6.54 Å². The first-order chi connectivity index (χ1) is 9.92. The average molecular weight is 324 g/mol. The fourth-order valence-corrected chi connectivity index (χ4v) is 4.06. The SMILES string of the molecule is CCc1ccc(S(=O)(=O)NCCc2sc(C)nc2C)cc1. The fraction of sp³-hybridized carbons (Fsp3) is 0.400. The van der Waals surface area contributed by atoms with E-state index in [1.54, 1.807) is 23.5 Å². The van der Waals surface area contributed by atoms with Gasteiger partial charge in [-0.1, -0.05) is 19.1 Å². The van der Waals surface area contributed by atoms with E-state index < -0.39 is 10.0 Å². The molecule has 21 heavy (non-hydrogen) atoms. The van der Waals surface area contributed by atoms with Gasteiger partial charge in [0.25, 0.3) is 0 Å². The topological polar surface area (TPSA) is 59.1 Å². The summed E-state index contributed by atoms with van der Waals surface area (Å²) in [4.78, 5) is 5.80. The van der Waals surface area contributed by atoms with Crippen LogP contribution in [0, 0.1) is 13.8 Å². The minimum Gasteiger partial charge on any atom is -0.247 e. The van der Waals surface area contributed by atoms with E-state index in [1.165, 1.54) is 0 Å². The first kappa shape index (κ1) is 16.1. The van der Waals surface area contributed by atoms with Crippen molar-refractivity contribution in [3.8, 4) is 0 Å². The van der Waals surface area contributed by atoms with Gasteiger partial charge in [0.15, 0.2) is 0 Å². The van der Waals surface area contributed by atoms with Gasteiger partial charge in [-0.2, -0.15) is 0 Å². The molecule has 2 rings (SSSR count). The Morgan fingerprint density at radius 2 is 1.86 bits per heavy atom. The van der Waals surface area contributed by atoms with Crippen molar-refractivity contribution in [1.82, 2.24) is 9.71 Å². The Morgan fingerprint density at radius 1 is 1.19 bits per heavy atom. The lowest BCUT2D eigenvalue weighted by atomic mass is 10.2. The minimum absolute atomic E-state index is 0.317. The lowest BCUT2D eigenvalue weighted by Crippen LogP contribution is -2.25. The Balaban J connectivity index is 1.99. The van der Waals surface area contributed by atoms with Crippen molar-refractivity contribution in [3.63, 3.8) is 0 Å². The Labute approximate surface area is 130 Å². The largest absolute Gasteiger partial charge is 0.247 e. The molecule has 1 N–H and O–H groups in total. The number of thiazole rings is 1. The zero-order chi connectivity index (χ0) is 15.5. The second-order valence-electron chi connectivity index (χ2n) is 4.89. The summed E-state index contributed by atoms with van der Waals surface area (Å²) in [5.74, 6) is 0. The van der Waals surface area contributed by atoms with Crippen LogP contribution in [-0.2, 0) is 22.9 Å². The van der Waals surface area contributed by atoms with E-state index in [1.807, 2.05) is 32.9 Å². The molecule has 0 saturated heterocycles. The summed E-state index contributed by atoms with van der Waals surface area (Å²) in [6, 6.07) is 7.02. The second-order valence-corrected chi connectivity index (χ2v) is 7.94. The molecule has 0 radical (unpaired) electrons. The molecule has 1 aromatic heterocycles. The van der Waals surface area contributed by atoms with Gasteiger partial charge in [0.2, 0.25) is 10.0 Å². The molecule has 0 aliphatic rings. The first-order valence-corrected chi connectivity index (χ1v) is 9.24. The quantitative estimate of drug-likeness (QED) is 0.889. The van der Waals surface area contributed by atoms with Gasteiger partial charge in [-0.05, 0) is 44.4 Å². The second kappa shape index (κ2) is 6.68. The molecule has 0 unspecified atom stereocenters. The summed E-state index contributed by atoms with van der Waals surface area (Å²) in [5, 5.41) is 1.01. The third-order valence-electron chi connectivity index (χ3n) is 3.29. The Hall–Kier alpha value is -1.24. The molecular formula is C15H20N2O2S2. The van der Waals surface area contributed by atoms with Crippen LogP contribution < -0.4 is 4.72 Å². The summed E-state index contributed by atoms with van der Waals surface area (Å²) >= 11 is 1.62. The van der Waals surface area contributed by atoms with Crippen LogP contribution in [0.4, 0.5) is 0 Å². The molecule has 0 bridgehead atoms. The van der Waals surface area contributed by atoms with E-state index in [0.717, 1.165) is 27.6 Å². The van der Waals surface area contributed by atoms with E-state index in [2.05, 4.69) is 9.71 Å². The molecule has 0 amide bonds. The van der Waals surface area contributed by atoms with Crippen molar-refractivity contribution >= 4 is 21.4 Å². The monoisotopic (exact) mass is 324 g/mol. The van der Waals surface area contributed by atoms with Crippen molar-refractivity contribution < 1.29 is 8.42 Å². The van der Waals surface area contributed by atoms with Crippen LogP contribution in [0.1, 0.15) is 28.1 Å². The van der Waals surface area contributed by atoms with Crippen LogP contribution in [0.5, 0.6) is 0 Å². The predicted octanol–water partition coefficient (Wildman–Crippen LogP) is 2.84. The lowest BCUT2D eigenvalue weighted by Gasteiger charge is -2.07. The highest BCUT2D eigenvalue weighted by Crippen LogP contribution is 2.17. The maximum absolute atomic E-state index is 12.2. The number of rotatable bonds is 6. The van der Waals surface area contributed by atoms with Crippen molar-refractivity contribution in [2.24, 2.45) is 0 Å². The standard InChI is InChI=1S/C15H20N2O2S2/c1-4-13-5-7-14(8-6-13)21(18,19)16-10-9-15-11(2)17-12(3)20-15/h5-8,16H,4,9-10H2,1-3H3. The van der Waals surface area contributed by atoms with E-state index in [0.29, 0.717) is 17.9 Å². The van der Waals surface area contributed by atoms with Gasteiger partial charge in [0.05, 0.1) is 15.6 Å². The normalized spacial score (nSPS) is 11.8. The highest BCUT2D eigenvalue weighted by molar-refractivity contribution is 7.89. The van der Waals surface area contributed by atoms with Crippen molar-refractivity contribution in [2.45, 2.75) is 38.5 Å². The number of aromatic nitrogens is 1. The van der Waals surface area contributed by atoms with Crippen molar-refractivity contribution in [3.05, 3.63) is 45.4 Å². The summed E-state index contributed by atoms with van der Waals surface area (Å²) in [6.07, 6.45) is 1.57. The number of hydrogen-bond donors (Lipinski definition) is 1. The van der Waals surface area contributed by atoms with Crippen LogP contribution in [0.15, 0.2) is 29.2 Å². The maximum atomic E-state index is 12.2. The van der Waals surface area contributed by atoms with Crippen LogP contribution in [0.2, 0.25) is 0 Å². The van der Waals surface area contributed by atoms with E-state index in [9.17, 15) is 8.42 Å². The molecule has 4 nitrogen and oxygen atoms in total. The predicted molar refractivity (Wildman–Crippen MR) is 86.3 cm³/mol. The van der Waals surface area contributed by atoms with E-state index >= 15 is 0 Å². The molecule has 2 aromatic rings. The van der Waals surface area contributed by atoms with Crippen LogP contribution in [0.3, 0.4) is 0 Å². The number of nitrogens with one attached hydrogen (secondary N) is 1. The highest BCUT2D eigenvalue weighted by atomic mass is 32.2. The summed E-state index contributed by atoms with van der Waals surface area (Å²) < 4.78 is 27.0. The van der Waals surface area contributed by atoms with E-state index in [4.69, 9.17) is 0 Å². The molecule has 0 saturated carbocycles. The molecule has 1 heterocycles.